The molecule has 21 heavy (non-hydrogen) atoms. The molecule has 1 aliphatic rings. The first-order chi connectivity index (χ1) is 9.70. The Labute approximate surface area is 126 Å². The largest absolute Gasteiger partial charge is 0.417 e. The van der Waals surface area contributed by atoms with Gasteiger partial charge in [-0.05, 0) is 31.5 Å². The van der Waals surface area contributed by atoms with Crippen LogP contribution < -0.4 is 10.6 Å². The van der Waals surface area contributed by atoms with Crippen LogP contribution in [0.2, 0.25) is 0 Å². The summed E-state index contributed by atoms with van der Waals surface area (Å²) in [7, 11) is 0. The lowest BCUT2D eigenvalue weighted by molar-refractivity contribution is -0.137. The quantitative estimate of drug-likeness (QED) is 0.841. The van der Waals surface area contributed by atoms with E-state index in [1.54, 1.807) is 6.92 Å². The van der Waals surface area contributed by atoms with E-state index in [1.165, 1.54) is 12.1 Å². The number of nitrogens with two attached hydrogens (primary N) is 1. The Balaban J connectivity index is 2.31. The van der Waals surface area contributed by atoms with Crippen LogP contribution in [0.15, 0.2) is 18.2 Å². The monoisotopic (exact) mass is 318 g/mol. The van der Waals surface area contributed by atoms with Crippen LogP contribution in [-0.4, -0.2) is 29.3 Å². The van der Waals surface area contributed by atoms with E-state index in [4.69, 9.17) is 18.0 Å². The van der Waals surface area contributed by atoms with Crippen molar-refractivity contribution in [1.82, 2.24) is 0 Å². The third kappa shape index (κ3) is 3.47. The Hall–Kier alpha value is -1.34. The molecule has 2 unspecified atom stereocenters. The molecule has 0 amide bonds. The van der Waals surface area contributed by atoms with Crippen LogP contribution in [0.1, 0.15) is 24.5 Å². The molecule has 3 N–H and O–H groups in total. The summed E-state index contributed by atoms with van der Waals surface area (Å²) in [6.07, 6.45) is -4.11. The molecule has 0 spiro atoms. The molecule has 1 aromatic carbocycles. The fourth-order valence-electron chi connectivity index (χ4n) is 2.60. The first kappa shape index (κ1) is 16.0. The minimum absolute atomic E-state index is 0.126. The van der Waals surface area contributed by atoms with Crippen molar-refractivity contribution in [3.63, 3.8) is 0 Å². The van der Waals surface area contributed by atoms with Gasteiger partial charge in [0.25, 0.3) is 0 Å². The van der Waals surface area contributed by atoms with E-state index in [0.29, 0.717) is 18.8 Å². The van der Waals surface area contributed by atoms with E-state index < -0.39 is 17.8 Å². The topological polar surface area (TPSA) is 49.5 Å². The number of halogens is 3. The second-order valence-corrected chi connectivity index (χ2v) is 5.77. The molecular formula is C14H17F3N2OS. The molecule has 1 aliphatic heterocycles. The molecule has 0 bridgehead atoms. The number of thiocarbonyl (C=S) groups is 1. The maximum Gasteiger partial charge on any atom is 0.417 e. The van der Waals surface area contributed by atoms with Crippen molar-refractivity contribution < 1.29 is 18.3 Å². The van der Waals surface area contributed by atoms with Gasteiger partial charge in [-0.3, -0.25) is 0 Å². The molecule has 3 nitrogen and oxygen atoms in total. The van der Waals surface area contributed by atoms with Crippen molar-refractivity contribution in [2.45, 2.75) is 25.6 Å². The van der Waals surface area contributed by atoms with E-state index in [9.17, 15) is 18.3 Å². The zero-order valence-electron chi connectivity index (χ0n) is 11.5. The predicted molar refractivity (Wildman–Crippen MR) is 79.3 cm³/mol. The minimum atomic E-state index is -4.48. The third-order valence-electron chi connectivity index (χ3n) is 3.85. The van der Waals surface area contributed by atoms with Gasteiger partial charge < -0.3 is 15.7 Å². The molecule has 0 aliphatic carbocycles. The number of alkyl halides is 3. The summed E-state index contributed by atoms with van der Waals surface area (Å²) in [6.45, 7) is 3.03. The summed E-state index contributed by atoms with van der Waals surface area (Å²) in [5, 5.41) is 9.59. The Morgan fingerprint density at radius 3 is 2.62 bits per heavy atom. The van der Waals surface area contributed by atoms with Crippen molar-refractivity contribution in [3.05, 3.63) is 29.3 Å². The van der Waals surface area contributed by atoms with E-state index in [-0.39, 0.29) is 16.5 Å². The molecule has 1 saturated heterocycles. The van der Waals surface area contributed by atoms with Gasteiger partial charge in [0.05, 0.1) is 11.7 Å². The number of anilines is 1. The Morgan fingerprint density at radius 1 is 1.48 bits per heavy atom. The zero-order valence-corrected chi connectivity index (χ0v) is 12.3. The number of aliphatic hydroxyl groups is 1. The third-order valence-corrected chi connectivity index (χ3v) is 4.07. The van der Waals surface area contributed by atoms with Crippen LogP contribution in [0.25, 0.3) is 0 Å². The van der Waals surface area contributed by atoms with Gasteiger partial charge in [-0.25, -0.2) is 0 Å². The summed E-state index contributed by atoms with van der Waals surface area (Å²) in [6, 6.07) is 3.82. The summed E-state index contributed by atoms with van der Waals surface area (Å²) >= 11 is 4.74. The number of hydrogen-bond acceptors (Lipinski definition) is 3. The van der Waals surface area contributed by atoms with E-state index in [1.807, 2.05) is 4.90 Å². The zero-order chi connectivity index (χ0) is 15.8. The number of rotatable bonds is 3. The molecule has 2 rings (SSSR count). The van der Waals surface area contributed by atoms with Crippen molar-refractivity contribution in [2.75, 3.05) is 18.0 Å². The van der Waals surface area contributed by atoms with Gasteiger partial charge in [-0.15, -0.1) is 0 Å². The normalized spacial score (nSPS) is 20.6. The summed E-state index contributed by atoms with van der Waals surface area (Å²) in [4.78, 5) is 1.68. The molecule has 116 valence electrons. The first-order valence-corrected chi connectivity index (χ1v) is 7.05. The predicted octanol–water partition coefficient (Wildman–Crippen LogP) is 2.55. The fourth-order valence-corrected chi connectivity index (χ4v) is 2.76. The van der Waals surface area contributed by atoms with Crippen molar-refractivity contribution in [1.29, 1.82) is 0 Å². The molecule has 2 atom stereocenters. The standard InChI is InChI=1S/C14H17F3N2OS/c1-8(20)9-4-5-19(7-9)10-2-3-12(14(15,16)17)11(6-10)13(18)21/h2-3,6,8-9,20H,4-5,7H2,1H3,(H2,18,21). The van der Waals surface area contributed by atoms with E-state index in [0.717, 1.165) is 12.5 Å². The van der Waals surface area contributed by atoms with Gasteiger partial charge in [-0.2, -0.15) is 13.2 Å². The Morgan fingerprint density at radius 2 is 2.14 bits per heavy atom. The first-order valence-electron chi connectivity index (χ1n) is 6.64. The van der Waals surface area contributed by atoms with Crippen LogP contribution in [0.3, 0.4) is 0 Å². The minimum Gasteiger partial charge on any atom is -0.393 e. The van der Waals surface area contributed by atoms with Gasteiger partial charge in [0.15, 0.2) is 0 Å². The maximum atomic E-state index is 12.9. The van der Waals surface area contributed by atoms with Gasteiger partial charge in [0.2, 0.25) is 0 Å². The molecular weight excluding hydrogens is 301 g/mol. The second kappa shape index (κ2) is 5.81. The summed E-state index contributed by atoms with van der Waals surface area (Å²) in [5.74, 6) is 0.126. The second-order valence-electron chi connectivity index (χ2n) is 5.33. The van der Waals surface area contributed by atoms with Crippen LogP contribution >= 0.6 is 12.2 Å². The smallest absolute Gasteiger partial charge is 0.393 e. The van der Waals surface area contributed by atoms with Gasteiger partial charge in [0.1, 0.15) is 4.99 Å². The molecule has 0 radical (unpaired) electrons. The highest BCUT2D eigenvalue weighted by molar-refractivity contribution is 7.80. The number of hydrogen-bond donors (Lipinski definition) is 2. The van der Waals surface area contributed by atoms with Crippen molar-refractivity contribution in [3.8, 4) is 0 Å². The van der Waals surface area contributed by atoms with E-state index >= 15 is 0 Å². The van der Waals surface area contributed by atoms with Gasteiger partial charge >= 0.3 is 6.18 Å². The lowest BCUT2D eigenvalue weighted by Crippen LogP contribution is -2.25. The Kier molecular flexibility index (Phi) is 4.43. The van der Waals surface area contributed by atoms with Crippen molar-refractivity contribution >= 4 is 22.9 Å². The lowest BCUT2D eigenvalue weighted by Gasteiger charge is -2.22. The summed E-state index contributed by atoms with van der Waals surface area (Å²) < 4.78 is 38.8. The molecule has 1 aromatic rings. The van der Waals surface area contributed by atoms with Crippen LogP contribution in [-0.2, 0) is 6.18 Å². The SMILES string of the molecule is CC(O)C1CCN(c2ccc(C(F)(F)F)c(C(N)=S)c2)C1. The number of benzene rings is 1. The average molecular weight is 318 g/mol. The number of aliphatic hydroxyl groups excluding tert-OH is 1. The lowest BCUT2D eigenvalue weighted by atomic mass is 10.0. The van der Waals surface area contributed by atoms with Crippen molar-refractivity contribution in [2.24, 2.45) is 11.7 Å². The van der Waals surface area contributed by atoms with Crippen LogP contribution in [0, 0.1) is 5.92 Å². The average Bonchev–Trinajstić information content (AvgIpc) is 2.86. The molecule has 0 saturated carbocycles. The molecule has 7 heteroatoms. The van der Waals surface area contributed by atoms with E-state index in [2.05, 4.69) is 0 Å². The highest BCUT2D eigenvalue weighted by atomic mass is 32.1. The Bertz CT molecular complexity index is 546. The highest BCUT2D eigenvalue weighted by Gasteiger charge is 2.35. The summed E-state index contributed by atoms with van der Waals surface area (Å²) in [5.41, 5.74) is 5.10. The molecule has 1 heterocycles. The molecule has 1 fully saturated rings. The maximum absolute atomic E-state index is 12.9. The van der Waals surface area contributed by atoms with Crippen LogP contribution in [0.5, 0.6) is 0 Å². The fraction of sp³-hybridized carbons (Fsp3) is 0.500. The number of nitrogens with zero attached hydrogens (tertiary/aromatic N) is 1. The highest BCUT2D eigenvalue weighted by Crippen LogP contribution is 2.35. The van der Waals surface area contributed by atoms with Crippen LogP contribution in [0.4, 0.5) is 18.9 Å². The van der Waals surface area contributed by atoms with Gasteiger partial charge in [-0.1, -0.05) is 12.2 Å². The van der Waals surface area contributed by atoms with Gasteiger partial charge in [0, 0.05) is 30.3 Å². The molecule has 0 aromatic heterocycles.